The van der Waals surface area contributed by atoms with Crippen LogP contribution >= 0.6 is 11.3 Å². The van der Waals surface area contributed by atoms with E-state index >= 15 is 0 Å². The van der Waals surface area contributed by atoms with Gasteiger partial charge in [-0.05, 0) is 55.0 Å². The quantitative estimate of drug-likeness (QED) is 0.301. The van der Waals surface area contributed by atoms with Gasteiger partial charge in [0, 0.05) is 30.2 Å². The van der Waals surface area contributed by atoms with E-state index in [9.17, 15) is 27.2 Å². The van der Waals surface area contributed by atoms with Crippen LogP contribution in [0, 0.1) is 18.2 Å². The van der Waals surface area contributed by atoms with Crippen LogP contribution in [0.5, 0.6) is 5.75 Å². The van der Waals surface area contributed by atoms with Gasteiger partial charge in [0.25, 0.3) is 5.91 Å². The van der Waals surface area contributed by atoms with E-state index < -0.39 is 35.4 Å². The van der Waals surface area contributed by atoms with Crippen molar-refractivity contribution in [1.29, 1.82) is 0 Å². The fourth-order valence-electron chi connectivity index (χ4n) is 4.26. The van der Waals surface area contributed by atoms with Crippen LogP contribution in [0.3, 0.4) is 0 Å². The molecule has 6 nitrogen and oxygen atoms in total. The molecule has 2 fully saturated rings. The van der Waals surface area contributed by atoms with Crippen LogP contribution in [-0.2, 0) is 17.5 Å². The van der Waals surface area contributed by atoms with Crippen LogP contribution in [-0.4, -0.2) is 40.4 Å². The summed E-state index contributed by atoms with van der Waals surface area (Å²) in [6.07, 6.45) is 2.10. The summed E-state index contributed by atoms with van der Waals surface area (Å²) >= 11 is 1.04. The van der Waals surface area contributed by atoms with E-state index in [1.165, 1.54) is 28.5 Å². The second-order valence-electron chi connectivity index (χ2n) is 9.08. The predicted octanol–water partition coefficient (Wildman–Crippen LogP) is 5.27. The lowest BCUT2D eigenvalue weighted by molar-refractivity contribution is -0.137. The molecule has 1 saturated heterocycles. The molecule has 3 aromatic rings. The minimum atomic E-state index is -4.71. The Balaban J connectivity index is 1.53. The summed E-state index contributed by atoms with van der Waals surface area (Å²) in [4.78, 5) is 33.8. The first kappa shape index (κ1) is 25.7. The standard InChI is InChI=1S/C27H21F4N3O3S/c1-2-24-32-22(15-38-24)25(35)34(19-11-17(27(29,30)31)12-21(13-19)37-20-7-8-20)23-9-10-33(26(23)36)14-16-3-5-18(28)6-4-16/h1,3-6,11-13,15,20,23H,7-10,14H2. The fraction of sp³-hybridized carbons (Fsp3) is 0.296. The number of alkyl halides is 3. The number of amides is 2. The van der Waals surface area contributed by atoms with Crippen molar-refractivity contribution >= 4 is 28.8 Å². The molecule has 2 heterocycles. The number of anilines is 1. The lowest BCUT2D eigenvalue weighted by atomic mass is 10.1. The zero-order chi connectivity index (χ0) is 27.0. The predicted molar refractivity (Wildman–Crippen MR) is 132 cm³/mol. The van der Waals surface area contributed by atoms with Crippen LogP contribution in [0.25, 0.3) is 0 Å². The number of benzene rings is 2. The molecule has 196 valence electrons. The highest BCUT2D eigenvalue weighted by Gasteiger charge is 2.41. The second kappa shape index (κ2) is 10.1. The second-order valence-corrected chi connectivity index (χ2v) is 9.94. The molecule has 11 heteroatoms. The number of thiazole rings is 1. The van der Waals surface area contributed by atoms with Crippen molar-refractivity contribution in [1.82, 2.24) is 9.88 Å². The highest BCUT2D eigenvalue weighted by atomic mass is 32.1. The summed E-state index contributed by atoms with van der Waals surface area (Å²) in [6, 6.07) is 7.63. The first-order chi connectivity index (χ1) is 18.1. The lowest BCUT2D eigenvalue weighted by Gasteiger charge is -2.29. The number of nitrogens with zero attached hydrogens (tertiary/aromatic N) is 3. The van der Waals surface area contributed by atoms with Crippen molar-refractivity contribution in [2.45, 2.75) is 44.1 Å². The van der Waals surface area contributed by atoms with E-state index in [0.29, 0.717) is 5.56 Å². The van der Waals surface area contributed by atoms with Crippen LogP contribution in [0.4, 0.5) is 23.2 Å². The monoisotopic (exact) mass is 543 g/mol. The molecular weight excluding hydrogens is 522 g/mol. The van der Waals surface area contributed by atoms with Gasteiger partial charge in [-0.1, -0.05) is 12.1 Å². The first-order valence-electron chi connectivity index (χ1n) is 11.8. The van der Waals surface area contributed by atoms with Crippen LogP contribution < -0.4 is 9.64 Å². The van der Waals surface area contributed by atoms with E-state index in [2.05, 4.69) is 10.9 Å². The lowest BCUT2D eigenvalue weighted by Crippen LogP contribution is -2.45. The van der Waals surface area contributed by atoms with Gasteiger partial charge in [-0.15, -0.1) is 17.8 Å². The zero-order valence-corrected chi connectivity index (χ0v) is 20.7. The number of halogens is 4. The topological polar surface area (TPSA) is 62.7 Å². The molecule has 1 atom stereocenters. The molecule has 0 bridgehead atoms. The minimum Gasteiger partial charge on any atom is -0.490 e. The number of likely N-dealkylation sites (tertiary alicyclic amines) is 1. The molecule has 1 aliphatic heterocycles. The first-order valence-corrected chi connectivity index (χ1v) is 12.7. The van der Waals surface area contributed by atoms with Crippen molar-refractivity contribution < 1.29 is 31.9 Å². The molecule has 2 aliphatic rings. The number of hydrogen-bond donors (Lipinski definition) is 0. The van der Waals surface area contributed by atoms with Gasteiger partial charge in [0.2, 0.25) is 5.91 Å². The van der Waals surface area contributed by atoms with Crippen LogP contribution in [0.1, 0.15) is 45.9 Å². The van der Waals surface area contributed by atoms with Gasteiger partial charge < -0.3 is 9.64 Å². The number of terminal acetylenes is 1. The zero-order valence-electron chi connectivity index (χ0n) is 19.9. The Morgan fingerprint density at radius 1 is 1.18 bits per heavy atom. The number of carbonyl (C=O) groups is 2. The molecule has 1 aromatic heterocycles. The number of rotatable bonds is 7. The van der Waals surface area contributed by atoms with E-state index in [-0.39, 0.29) is 47.8 Å². The van der Waals surface area contributed by atoms with Gasteiger partial charge in [-0.3, -0.25) is 14.5 Å². The summed E-state index contributed by atoms with van der Waals surface area (Å²) in [7, 11) is 0. The molecule has 5 rings (SSSR count). The van der Waals surface area contributed by atoms with Gasteiger partial charge in [0.1, 0.15) is 23.3 Å². The highest BCUT2D eigenvalue weighted by molar-refractivity contribution is 7.10. The van der Waals surface area contributed by atoms with Gasteiger partial charge in [0.05, 0.1) is 11.7 Å². The summed E-state index contributed by atoms with van der Waals surface area (Å²) in [6.45, 7) is 0.413. The maximum Gasteiger partial charge on any atom is 0.416 e. The number of ether oxygens (including phenoxy) is 1. The third-order valence-electron chi connectivity index (χ3n) is 6.26. The number of carbonyl (C=O) groups excluding carboxylic acids is 2. The summed E-state index contributed by atoms with van der Waals surface area (Å²) < 4.78 is 60.5. The van der Waals surface area contributed by atoms with E-state index in [4.69, 9.17) is 11.2 Å². The Morgan fingerprint density at radius 2 is 1.92 bits per heavy atom. The van der Waals surface area contributed by atoms with Crippen LogP contribution in [0.2, 0.25) is 0 Å². The normalized spacial score (nSPS) is 17.4. The molecule has 2 aromatic carbocycles. The average Bonchev–Trinajstić information content (AvgIpc) is 3.44. The smallest absolute Gasteiger partial charge is 0.416 e. The van der Waals surface area contributed by atoms with E-state index in [0.717, 1.165) is 41.2 Å². The third kappa shape index (κ3) is 5.50. The Morgan fingerprint density at radius 3 is 2.55 bits per heavy atom. The van der Waals surface area contributed by atoms with E-state index in [1.807, 2.05) is 0 Å². The van der Waals surface area contributed by atoms with Crippen LogP contribution in [0.15, 0.2) is 47.8 Å². The van der Waals surface area contributed by atoms with Gasteiger partial charge >= 0.3 is 6.18 Å². The number of aromatic nitrogens is 1. The van der Waals surface area contributed by atoms with Gasteiger partial charge in [-0.2, -0.15) is 13.2 Å². The largest absolute Gasteiger partial charge is 0.490 e. The summed E-state index contributed by atoms with van der Waals surface area (Å²) in [5.74, 6) is 0.682. The Hall–Kier alpha value is -3.91. The van der Waals surface area contributed by atoms with Gasteiger partial charge in [0.15, 0.2) is 5.01 Å². The fourth-order valence-corrected chi connectivity index (χ4v) is 4.86. The molecule has 0 radical (unpaired) electrons. The number of hydrogen-bond acceptors (Lipinski definition) is 5. The Labute approximate surface area is 219 Å². The maximum absolute atomic E-state index is 13.8. The molecule has 38 heavy (non-hydrogen) atoms. The van der Waals surface area contributed by atoms with Crippen molar-refractivity contribution in [3.05, 3.63) is 75.5 Å². The maximum atomic E-state index is 13.8. The molecule has 0 N–H and O–H groups in total. The third-order valence-corrected chi connectivity index (χ3v) is 7.03. The van der Waals surface area contributed by atoms with E-state index in [1.54, 1.807) is 12.1 Å². The molecule has 2 amide bonds. The minimum absolute atomic E-state index is 0.0358. The SMILES string of the molecule is C#Cc1nc(C(=O)N(c2cc(OC3CC3)cc(C(F)(F)F)c2)C2CCN(Cc3ccc(F)cc3)C2=O)cs1. The molecule has 0 spiro atoms. The summed E-state index contributed by atoms with van der Waals surface area (Å²) in [5, 5.41) is 1.64. The molecule has 1 unspecified atom stereocenters. The Bertz CT molecular complexity index is 1410. The molecule has 1 aliphatic carbocycles. The molecule has 1 saturated carbocycles. The van der Waals surface area contributed by atoms with Crippen molar-refractivity contribution in [3.8, 4) is 18.1 Å². The van der Waals surface area contributed by atoms with Crippen molar-refractivity contribution in [2.24, 2.45) is 0 Å². The summed E-state index contributed by atoms with van der Waals surface area (Å²) in [5.41, 5.74) is -0.525. The van der Waals surface area contributed by atoms with Crippen molar-refractivity contribution in [3.63, 3.8) is 0 Å². The van der Waals surface area contributed by atoms with Crippen molar-refractivity contribution in [2.75, 3.05) is 11.4 Å². The average molecular weight is 544 g/mol. The van der Waals surface area contributed by atoms with Gasteiger partial charge in [-0.25, -0.2) is 9.37 Å². The Kier molecular flexibility index (Phi) is 6.84. The highest BCUT2D eigenvalue weighted by Crippen LogP contribution is 2.39. The molecular formula is C27H21F4N3O3S.